The maximum atomic E-state index is 14.0. The van der Waals surface area contributed by atoms with Gasteiger partial charge in [0.25, 0.3) is 5.88 Å². The number of nitrogens with one attached hydrogen (secondary N) is 1. The highest BCUT2D eigenvalue weighted by atomic mass is 32.2. The van der Waals surface area contributed by atoms with Gasteiger partial charge in [0, 0.05) is 17.8 Å². The van der Waals surface area contributed by atoms with Crippen LogP contribution in [-0.2, 0) is 25.8 Å². The Hall–Kier alpha value is -5.69. The summed E-state index contributed by atoms with van der Waals surface area (Å²) in [6, 6.07) is 23.9. The second-order valence-corrected chi connectivity index (χ2v) is 14.4. The molecule has 13 heteroatoms. The predicted octanol–water partition coefficient (Wildman–Crippen LogP) is 7.04. The van der Waals surface area contributed by atoms with Gasteiger partial charge in [-0.2, -0.15) is 4.98 Å². The highest BCUT2D eigenvalue weighted by molar-refractivity contribution is 7.90. The van der Waals surface area contributed by atoms with E-state index >= 15 is 0 Å². The summed E-state index contributed by atoms with van der Waals surface area (Å²) in [6.45, 7) is 6.02. The number of sulfone groups is 1. The van der Waals surface area contributed by atoms with Gasteiger partial charge in [-0.05, 0) is 59.5 Å². The second kappa shape index (κ2) is 15.9. The summed E-state index contributed by atoms with van der Waals surface area (Å²) in [5.41, 5.74) is 1.29. The fourth-order valence-electron chi connectivity index (χ4n) is 4.96. The Kier molecular flexibility index (Phi) is 11.4. The van der Waals surface area contributed by atoms with Gasteiger partial charge in [-0.3, -0.25) is 4.79 Å². The zero-order chi connectivity index (χ0) is 36.6. The van der Waals surface area contributed by atoms with E-state index < -0.39 is 15.6 Å². The molecule has 2 heterocycles. The molecule has 0 bridgehead atoms. The quantitative estimate of drug-likeness (QED) is 0.126. The number of pyridine rings is 1. The van der Waals surface area contributed by atoms with Gasteiger partial charge in [0.15, 0.2) is 27.2 Å². The number of carbonyl (C=O) groups excluding carboxylic acids is 1. The predicted molar refractivity (Wildman–Crippen MR) is 193 cm³/mol. The van der Waals surface area contributed by atoms with Crippen LogP contribution in [0.3, 0.4) is 0 Å². The summed E-state index contributed by atoms with van der Waals surface area (Å²) in [7, 11) is 0.517. The summed E-state index contributed by atoms with van der Waals surface area (Å²) in [5, 5.41) is 2.72. The SMILES string of the molecule is COc1cc(OC)cc(-c2nc(CS(=O)(=O)c3ccc(C(C)(C)C)cc3)c(Oc3ccccc3OC)c(OCCC(=O)Nc3ccccn3)n2)c1. The molecular formula is C38H40N4O8S. The number of rotatable bonds is 14. The minimum absolute atomic E-state index is 0.0144. The van der Waals surface area contributed by atoms with Gasteiger partial charge in [0.2, 0.25) is 11.7 Å². The Bertz CT molecular complexity index is 2060. The van der Waals surface area contributed by atoms with Crippen LogP contribution in [0.1, 0.15) is 38.4 Å². The van der Waals surface area contributed by atoms with Crippen LogP contribution in [0.25, 0.3) is 11.4 Å². The number of nitrogens with zero attached hydrogens (tertiary/aromatic N) is 3. The normalized spacial score (nSPS) is 11.4. The third-order valence-electron chi connectivity index (χ3n) is 7.70. The zero-order valence-electron chi connectivity index (χ0n) is 29.3. The summed E-state index contributed by atoms with van der Waals surface area (Å²) in [6.07, 6.45) is 1.49. The first-order valence-electron chi connectivity index (χ1n) is 16.0. The maximum Gasteiger partial charge on any atom is 0.261 e. The molecule has 0 aliphatic rings. The van der Waals surface area contributed by atoms with Gasteiger partial charge in [0.05, 0.1) is 39.3 Å². The number of aromatic nitrogens is 3. The molecule has 1 amide bonds. The molecule has 0 aliphatic carbocycles. The Morgan fingerprint density at radius 1 is 0.804 bits per heavy atom. The molecule has 0 fully saturated rings. The standard InChI is InChI=1S/C38H40N4O8S/c1-38(2,3)26-14-16-29(17-15-26)51(44,45)24-30-35(50-32-12-8-7-11-31(32)48-6)37(49-20-18-34(43)41-33-13-9-10-19-39-33)42-36(40-30)25-21-27(46-4)23-28(22-25)47-5/h7-17,19,21-23H,18,20,24H2,1-6H3,(H,39,41,43). The van der Waals surface area contributed by atoms with E-state index in [1.807, 2.05) is 0 Å². The molecule has 0 atom stereocenters. The van der Waals surface area contributed by atoms with Gasteiger partial charge in [-0.15, -0.1) is 0 Å². The molecule has 1 N–H and O–H groups in total. The molecule has 5 aromatic rings. The number of methoxy groups -OCH3 is 3. The first-order chi connectivity index (χ1) is 24.4. The van der Waals surface area contributed by atoms with Crippen molar-refractivity contribution in [2.75, 3.05) is 33.3 Å². The van der Waals surface area contributed by atoms with E-state index in [2.05, 4.69) is 36.1 Å². The zero-order valence-corrected chi connectivity index (χ0v) is 30.1. The van der Waals surface area contributed by atoms with Crippen molar-refractivity contribution in [3.05, 3.63) is 102 Å². The van der Waals surface area contributed by atoms with Gasteiger partial charge >= 0.3 is 0 Å². The molecule has 51 heavy (non-hydrogen) atoms. The third kappa shape index (κ3) is 9.31. The van der Waals surface area contributed by atoms with Crippen LogP contribution < -0.4 is 29.0 Å². The lowest BCUT2D eigenvalue weighted by atomic mass is 9.87. The van der Waals surface area contributed by atoms with Crippen LogP contribution >= 0.6 is 0 Å². The van der Waals surface area contributed by atoms with Crippen molar-refractivity contribution < 1.29 is 36.9 Å². The van der Waals surface area contributed by atoms with E-state index in [1.54, 1.807) is 91.1 Å². The van der Waals surface area contributed by atoms with Crippen LogP contribution in [0.5, 0.6) is 34.6 Å². The summed E-state index contributed by atoms with van der Waals surface area (Å²) >= 11 is 0. The molecule has 0 aliphatic heterocycles. The number of ether oxygens (including phenoxy) is 5. The highest BCUT2D eigenvalue weighted by Gasteiger charge is 2.27. The van der Waals surface area contributed by atoms with Gasteiger partial charge in [-0.25, -0.2) is 18.4 Å². The van der Waals surface area contributed by atoms with Gasteiger partial charge < -0.3 is 29.0 Å². The fourth-order valence-corrected chi connectivity index (χ4v) is 6.23. The van der Waals surface area contributed by atoms with Crippen molar-refractivity contribution in [2.45, 2.75) is 43.3 Å². The number of hydrogen-bond donors (Lipinski definition) is 1. The number of carbonyl (C=O) groups is 1. The third-order valence-corrected chi connectivity index (χ3v) is 9.35. The molecule has 3 aromatic carbocycles. The molecular weight excluding hydrogens is 673 g/mol. The number of hydrogen-bond acceptors (Lipinski definition) is 11. The van der Waals surface area contributed by atoms with Crippen molar-refractivity contribution in [2.24, 2.45) is 0 Å². The number of para-hydroxylation sites is 2. The van der Waals surface area contributed by atoms with Crippen molar-refractivity contribution in [3.8, 4) is 46.0 Å². The largest absolute Gasteiger partial charge is 0.497 e. The molecule has 0 radical (unpaired) electrons. The lowest BCUT2D eigenvalue weighted by molar-refractivity contribution is -0.116. The maximum absolute atomic E-state index is 14.0. The smallest absolute Gasteiger partial charge is 0.261 e. The summed E-state index contributed by atoms with van der Waals surface area (Å²) in [5.74, 6) is 1.01. The molecule has 12 nitrogen and oxygen atoms in total. The van der Waals surface area contributed by atoms with E-state index in [9.17, 15) is 13.2 Å². The first kappa shape index (κ1) is 36.6. The van der Waals surface area contributed by atoms with E-state index in [0.29, 0.717) is 28.6 Å². The lowest BCUT2D eigenvalue weighted by Gasteiger charge is -2.20. The Morgan fingerprint density at radius 3 is 2.08 bits per heavy atom. The van der Waals surface area contributed by atoms with Crippen LogP contribution in [0.2, 0.25) is 0 Å². The summed E-state index contributed by atoms with van der Waals surface area (Å²) in [4.78, 5) is 26.4. The molecule has 0 spiro atoms. The van der Waals surface area contributed by atoms with Crippen molar-refractivity contribution >= 4 is 21.6 Å². The minimum atomic E-state index is -3.99. The molecule has 0 saturated carbocycles. The van der Waals surface area contributed by atoms with Crippen LogP contribution in [-0.4, -0.2) is 57.2 Å². The second-order valence-electron chi connectivity index (χ2n) is 12.4. The first-order valence-corrected chi connectivity index (χ1v) is 17.7. The van der Waals surface area contributed by atoms with E-state index in [-0.39, 0.29) is 58.1 Å². The average Bonchev–Trinajstić information content (AvgIpc) is 3.12. The number of anilines is 1. The summed E-state index contributed by atoms with van der Waals surface area (Å²) < 4.78 is 57.0. The molecule has 2 aromatic heterocycles. The number of benzene rings is 3. The molecule has 0 unspecified atom stereocenters. The fraction of sp³-hybridized carbons (Fsp3) is 0.263. The van der Waals surface area contributed by atoms with Crippen LogP contribution in [0.4, 0.5) is 5.82 Å². The topological polar surface area (TPSA) is 148 Å². The van der Waals surface area contributed by atoms with Gasteiger partial charge in [0.1, 0.15) is 28.8 Å². The van der Waals surface area contributed by atoms with Crippen LogP contribution in [0, 0.1) is 0 Å². The monoisotopic (exact) mass is 712 g/mol. The van der Waals surface area contributed by atoms with Crippen molar-refractivity contribution in [1.29, 1.82) is 0 Å². The highest BCUT2D eigenvalue weighted by Crippen LogP contribution is 2.40. The Morgan fingerprint density at radius 2 is 1.47 bits per heavy atom. The van der Waals surface area contributed by atoms with Gasteiger partial charge in [-0.1, -0.05) is 51.1 Å². The van der Waals surface area contributed by atoms with E-state index in [0.717, 1.165) is 5.56 Å². The van der Waals surface area contributed by atoms with Crippen molar-refractivity contribution in [1.82, 2.24) is 15.0 Å². The lowest BCUT2D eigenvalue weighted by Crippen LogP contribution is -2.17. The molecule has 266 valence electrons. The van der Waals surface area contributed by atoms with Crippen molar-refractivity contribution in [3.63, 3.8) is 0 Å². The van der Waals surface area contributed by atoms with E-state index in [1.165, 1.54) is 21.3 Å². The Labute approximate surface area is 297 Å². The van der Waals surface area contributed by atoms with E-state index in [4.69, 9.17) is 28.7 Å². The number of amides is 1. The average molecular weight is 713 g/mol. The molecule has 0 saturated heterocycles. The van der Waals surface area contributed by atoms with Crippen LogP contribution in [0.15, 0.2) is 96.0 Å². The Balaban J connectivity index is 1.61. The minimum Gasteiger partial charge on any atom is -0.497 e. The molecule has 5 rings (SSSR count).